The largest absolute Gasteiger partial charge is 0.0773 e. The summed E-state index contributed by atoms with van der Waals surface area (Å²) in [7, 11) is -1.14. The van der Waals surface area contributed by atoms with E-state index in [0.29, 0.717) is 0 Å². The van der Waals surface area contributed by atoms with Gasteiger partial charge in [-0.15, -0.1) is 0 Å². The van der Waals surface area contributed by atoms with Crippen LogP contribution in [0, 0.1) is 0 Å². The van der Waals surface area contributed by atoms with Gasteiger partial charge in [0, 0.05) is 0 Å². The maximum Gasteiger partial charge on any atom is 0.0728 e. The fraction of sp³-hybridized carbons (Fsp3) is 0.529. The molecule has 1 heteroatoms. The average Bonchev–Trinajstić information content (AvgIpc) is 2.38. The van der Waals surface area contributed by atoms with Crippen LogP contribution in [0.2, 0.25) is 19.6 Å². The second-order valence-corrected chi connectivity index (χ2v) is 11.6. The lowest BCUT2D eigenvalue weighted by Gasteiger charge is -2.29. The minimum absolute atomic E-state index is 1.14. The van der Waals surface area contributed by atoms with E-state index >= 15 is 0 Å². The van der Waals surface area contributed by atoms with Gasteiger partial charge in [-0.3, -0.25) is 0 Å². The van der Waals surface area contributed by atoms with Gasteiger partial charge in [-0.2, -0.15) is 0 Å². The van der Waals surface area contributed by atoms with Crippen molar-refractivity contribution >= 4 is 13.6 Å². The zero-order valence-corrected chi connectivity index (χ0v) is 13.3. The zero-order valence-electron chi connectivity index (χ0n) is 12.3. The van der Waals surface area contributed by atoms with Crippen LogP contribution in [-0.4, -0.2) is 8.07 Å². The molecule has 0 amide bonds. The highest BCUT2D eigenvalue weighted by atomic mass is 28.3. The molecule has 1 aliphatic rings. The Bertz CT molecular complexity index is 432. The van der Waals surface area contributed by atoms with E-state index in [1.165, 1.54) is 36.8 Å². The Kier molecular flexibility index (Phi) is 4.11. The Hall–Kier alpha value is -0.823. The topological polar surface area (TPSA) is 0 Å². The molecule has 0 unspecified atom stereocenters. The van der Waals surface area contributed by atoms with E-state index in [4.69, 9.17) is 0 Å². The first-order chi connectivity index (χ1) is 8.52. The van der Waals surface area contributed by atoms with Crippen molar-refractivity contribution in [1.29, 1.82) is 0 Å². The first-order valence-electron chi connectivity index (χ1n) is 7.34. The molecule has 0 atom stereocenters. The summed E-state index contributed by atoms with van der Waals surface area (Å²) in [5.41, 5.74) is 4.62. The molecular formula is C17H26Si. The van der Waals surface area contributed by atoms with Crippen molar-refractivity contribution in [3.8, 4) is 0 Å². The van der Waals surface area contributed by atoms with E-state index in [-0.39, 0.29) is 0 Å². The van der Waals surface area contributed by atoms with Gasteiger partial charge in [0.15, 0.2) is 0 Å². The molecule has 18 heavy (non-hydrogen) atoms. The number of benzene rings is 1. The average molecular weight is 258 g/mol. The molecule has 0 saturated heterocycles. The third-order valence-electron chi connectivity index (χ3n) is 4.08. The molecule has 0 spiro atoms. The van der Waals surface area contributed by atoms with Crippen LogP contribution in [0.4, 0.5) is 0 Å². The van der Waals surface area contributed by atoms with Crippen LogP contribution >= 0.6 is 0 Å². The van der Waals surface area contributed by atoms with Crippen LogP contribution < -0.4 is 0 Å². The van der Waals surface area contributed by atoms with Crippen LogP contribution in [0.25, 0.3) is 5.57 Å². The van der Waals surface area contributed by atoms with Crippen LogP contribution in [0.15, 0.2) is 29.5 Å². The van der Waals surface area contributed by atoms with Crippen molar-refractivity contribution in [2.75, 3.05) is 0 Å². The van der Waals surface area contributed by atoms with Gasteiger partial charge in [-0.25, -0.2) is 0 Å². The summed E-state index contributed by atoms with van der Waals surface area (Å²) in [4.78, 5) is 0. The molecule has 1 aromatic rings. The predicted octanol–water partition coefficient (Wildman–Crippen LogP) is 5.45. The van der Waals surface area contributed by atoms with Crippen molar-refractivity contribution in [2.24, 2.45) is 0 Å². The zero-order chi connectivity index (χ0) is 13.2. The standard InChI is InChI=1S/C17H26Si/c1-5-14-10-12-15(13-11-14)16-8-6-7-9-17(16)18(2,3)4/h10-13H,5-9H2,1-4H3. The summed E-state index contributed by atoms with van der Waals surface area (Å²) in [5.74, 6) is 0. The molecule has 1 aliphatic carbocycles. The molecule has 0 aliphatic heterocycles. The van der Waals surface area contributed by atoms with Crippen molar-refractivity contribution in [3.63, 3.8) is 0 Å². The van der Waals surface area contributed by atoms with Crippen LogP contribution in [0.5, 0.6) is 0 Å². The van der Waals surface area contributed by atoms with Gasteiger partial charge in [0.2, 0.25) is 0 Å². The second-order valence-electron chi connectivity index (χ2n) is 6.46. The highest BCUT2D eigenvalue weighted by molar-refractivity contribution is 6.84. The first kappa shape index (κ1) is 13.6. The van der Waals surface area contributed by atoms with Crippen molar-refractivity contribution in [1.82, 2.24) is 0 Å². The Morgan fingerprint density at radius 1 is 0.944 bits per heavy atom. The maximum absolute atomic E-state index is 2.49. The van der Waals surface area contributed by atoms with E-state index < -0.39 is 8.07 Å². The molecule has 0 fully saturated rings. The summed E-state index contributed by atoms with van der Waals surface area (Å²) in [6, 6.07) is 9.30. The summed E-state index contributed by atoms with van der Waals surface area (Å²) < 4.78 is 0. The Labute approximate surface area is 113 Å². The molecule has 0 radical (unpaired) electrons. The lowest BCUT2D eigenvalue weighted by atomic mass is 9.92. The van der Waals surface area contributed by atoms with Gasteiger partial charge in [-0.05, 0) is 48.8 Å². The summed E-state index contributed by atoms with van der Waals surface area (Å²) >= 11 is 0. The second kappa shape index (κ2) is 5.44. The Morgan fingerprint density at radius 2 is 1.56 bits per heavy atom. The van der Waals surface area contributed by atoms with Crippen LogP contribution in [0.1, 0.15) is 43.7 Å². The SMILES string of the molecule is CCc1ccc(C2=C([Si](C)(C)C)CCCC2)cc1. The quantitative estimate of drug-likeness (QED) is 0.632. The number of rotatable bonds is 3. The molecule has 0 bridgehead atoms. The highest BCUT2D eigenvalue weighted by Crippen LogP contribution is 2.37. The minimum Gasteiger partial charge on any atom is -0.0773 e. The maximum atomic E-state index is 2.49. The molecule has 98 valence electrons. The third kappa shape index (κ3) is 2.95. The molecule has 0 aromatic heterocycles. The number of aryl methyl sites for hydroxylation is 1. The van der Waals surface area contributed by atoms with E-state index in [0.717, 1.165) is 6.42 Å². The molecule has 0 nitrogen and oxygen atoms in total. The molecule has 0 saturated carbocycles. The Balaban J connectivity index is 2.41. The molecule has 1 aromatic carbocycles. The number of hydrogen-bond acceptors (Lipinski definition) is 0. The lowest BCUT2D eigenvalue weighted by molar-refractivity contribution is 0.729. The van der Waals surface area contributed by atoms with Crippen LogP contribution in [0.3, 0.4) is 0 Å². The van der Waals surface area contributed by atoms with Gasteiger partial charge in [0.05, 0.1) is 8.07 Å². The van der Waals surface area contributed by atoms with Crippen molar-refractivity contribution in [2.45, 2.75) is 58.7 Å². The molecule has 2 rings (SSSR count). The highest BCUT2D eigenvalue weighted by Gasteiger charge is 2.25. The Morgan fingerprint density at radius 3 is 2.11 bits per heavy atom. The third-order valence-corrected chi connectivity index (χ3v) is 6.45. The fourth-order valence-corrected chi connectivity index (χ4v) is 5.09. The first-order valence-corrected chi connectivity index (χ1v) is 10.8. The lowest BCUT2D eigenvalue weighted by Crippen LogP contribution is -2.26. The number of hydrogen-bond donors (Lipinski definition) is 0. The smallest absolute Gasteiger partial charge is 0.0728 e. The van der Waals surface area contributed by atoms with Gasteiger partial charge in [-0.1, -0.05) is 56.0 Å². The van der Waals surface area contributed by atoms with Gasteiger partial charge < -0.3 is 0 Å². The van der Waals surface area contributed by atoms with Gasteiger partial charge >= 0.3 is 0 Å². The summed E-state index contributed by atoms with van der Waals surface area (Å²) in [6.07, 6.45) is 6.56. The summed E-state index contributed by atoms with van der Waals surface area (Å²) in [5, 5.41) is 1.82. The number of allylic oxidation sites excluding steroid dienone is 2. The van der Waals surface area contributed by atoms with E-state index in [1.807, 2.05) is 5.20 Å². The van der Waals surface area contributed by atoms with Crippen molar-refractivity contribution in [3.05, 3.63) is 40.6 Å². The van der Waals surface area contributed by atoms with Crippen LogP contribution in [-0.2, 0) is 6.42 Å². The fourth-order valence-electron chi connectivity index (χ4n) is 2.99. The van der Waals surface area contributed by atoms with E-state index in [1.54, 1.807) is 5.57 Å². The normalized spacial score (nSPS) is 17.1. The minimum atomic E-state index is -1.14. The van der Waals surface area contributed by atoms with E-state index in [9.17, 15) is 0 Å². The van der Waals surface area contributed by atoms with Gasteiger partial charge in [0.25, 0.3) is 0 Å². The molecule has 0 N–H and O–H groups in total. The molecular weight excluding hydrogens is 232 g/mol. The van der Waals surface area contributed by atoms with Crippen molar-refractivity contribution < 1.29 is 0 Å². The predicted molar refractivity (Wildman–Crippen MR) is 84.6 cm³/mol. The monoisotopic (exact) mass is 258 g/mol. The molecule has 0 heterocycles. The van der Waals surface area contributed by atoms with Gasteiger partial charge in [0.1, 0.15) is 0 Å². The van der Waals surface area contributed by atoms with E-state index in [2.05, 4.69) is 50.8 Å². The summed E-state index contributed by atoms with van der Waals surface area (Å²) in [6.45, 7) is 9.71.